The zero-order valence-electron chi connectivity index (χ0n) is 16.0. The van der Waals surface area contributed by atoms with E-state index in [1.165, 1.54) is 0 Å². The first-order valence-electron chi connectivity index (χ1n) is 9.39. The maximum Gasteiger partial charge on any atom is 0.228 e. The Morgan fingerprint density at radius 3 is 2.69 bits per heavy atom. The summed E-state index contributed by atoms with van der Waals surface area (Å²) in [5.74, 6) is 1.67. The summed E-state index contributed by atoms with van der Waals surface area (Å²) < 4.78 is 11.2. The highest BCUT2D eigenvalue weighted by atomic mass is 35.5. The van der Waals surface area contributed by atoms with E-state index in [2.05, 4.69) is 0 Å². The summed E-state index contributed by atoms with van der Waals surface area (Å²) in [6.45, 7) is 1.13. The first-order valence-corrected chi connectivity index (χ1v) is 9.77. The molecule has 150 valence electrons. The molecule has 3 aromatic rings. The number of benzene rings is 1. The lowest BCUT2D eigenvalue weighted by Crippen LogP contribution is -2.34. The molecule has 6 nitrogen and oxygen atoms in total. The highest BCUT2D eigenvalue weighted by molar-refractivity contribution is 6.30. The highest BCUT2D eigenvalue weighted by Gasteiger charge is 2.36. The maximum atomic E-state index is 12.8. The molecule has 0 N–H and O–H groups in total. The van der Waals surface area contributed by atoms with Gasteiger partial charge in [0.1, 0.15) is 17.3 Å². The molecule has 0 bridgehead atoms. The number of hydrogen-bond acceptors (Lipinski definition) is 4. The van der Waals surface area contributed by atoms with Gasteiger partial charge in [0.15, 0.2) is 0 Å². The molecule has 1 aromatic carbocycles. The van der Waals surface area contributed by atoms with Crippen molar-refractivity contribution in [1.82, 2.24) is 9.80 Å². The Balaban J connectivity index is 1.36. The standard InChI is InChI=1S/C22H21ClN2O4/c1-24(13-19-8-9-20(29-19)15-4-6-17(23)7-5-15)22(27)16-11-21(26)25(12-16)14-18-3-2-10-28-18/h2-10,16H,11-14H2,1H3. The minimum absolute atomic E-state index is 0.0313. The second kappa shape index (κ2) is 8.17. The third-order valence-corrected chi connectivity index (χ3v) is 5.30. The van der Waals surface area contributed by atoms with Crippen molar-refractivity contribution in [3.05, 3.63) is 71.3 Å². The second-order valence-electron chi connectivity index (χ2n) is 7.22. The van der Waals surface area contributed by atoms with Crippen molar-refractivity contribution in [2.45, 2.75) is 19.5 Å². The van der Waals surface area contributed by atoms with Crippen molar-refractivity contribution < 1.29 is 18.4 Å². The fourth-order valence-electron chi connectivity index (χ4n) is 3.54. The summed E-state index contributed by atoms with van der Waals surface area (Å²) in [5.41, 5.74) is 0.921. The maximum absolute atomic E-state index is 12.8. The number of furan rings is 2. The molecular formula is C22H21ClN2O4. The number of hydrogen-bond donors (Lipinski definition) is 0. The molecule has 0 radical (unpaired) electrons. The number of nitrogens with zero attached hydrogens (tertiary/aromatic N) is 2. The summed E-state index contributed by atoms with van der Waals surface area (Å²) in [4.78, 5) is 28.4. The van der Waals surface area contributed by atoms with Crippen molar-refractivity contribution in [3.63, 3.8) is 0 Å². The van der Waals surface area contributed by atoms with Crippen molar-refractivity contribution in [1.29, 1.82) is 0 Å². The van der Waals surface area contributed by atoms with Crippen molar-refractivity contribution in [2.75, 3.05) is 13.6 Å². The number of halogens is 1. The van der Waals surface area contributed by atoms with Crippen LogP contribution in [0.3, 0.4) is 0 Å². The quantitative estimate of drug-likeness (QED) is 0.608. The van der Waals surface area contributed by atoms with E-state index in [0.717, 1.165) is 11.3 Å². The van der Waals surface area contributed by atoms with Crippen LogP contribution in [0, 0.1) is 5.92 Å². The molecule has 0 aliphatic carbocycles. The van der Waals surface area contributed by atoms with Crippen LogP contribution in [-0.2, 0) is 22.7 Å². The largest absolute Gasteiger partial charge is 0.467 e. The van der Waals surface area contributed by atoms with Crippen molar-refractivity contribution >= 4 is 23.4 Å². The fourth-order valence-corrected chi connectivity index (χ4v) is 3.66. The first-order chi connectivity index (χ1) is 14.0. The van der Waals surface area contributed by atoms with Gasteiger partial charge < -0.3 is 18.6 Å². The summed E-state index contributed by atoms with van der Waals surface area (Å²) in [6.07, 6.45) is 1.80. The Labute approximate surface area is 173 Å². The molecule has 1 saturated heterocycles. The van der Waals surface area contributed by atoms with Gasteiger partial charge in [0.2, 0.25) is 11.8 Å². The summed E-state index contributed by atoms with van der Waals surface area (Å²) in [6, 6.07) is 14.7. The Kier molecular flexibility index (Phi) is 5.45. The Morgan fingerprint density at radius 2 is 1.97 bits per heavy atom. The smallest absolute Gasteiger partial charge is 0.228 e. The molecule has 1 unspecified atom stereocenters. The lowest BCUT2D eigenvalue weighted by atomic mass is 10.1. The molecule has 2 amide bonds. The second-order valence-corrected chi connectivity index (χ2v) is 7.66. The van der Waals surface area contributed by atoms with Gasteiger partial charge in [0.05, 0.1) is 25.3 Å². The monoisotopic (exact) mass is 412 g/mol. The third kappa shape index (κ3) is 4.38. The van der Waals surface area contributed by atoms with Crippen LogP contribution in [0.2, 0.25) is 5.02 Å². The zero-order chi connectivity index (χ0) is 20.4. The van der Waals surface area contributed by atoms with Crippen LogP contribution in [0.25, 0.3) is 11.3 Å². The van der Waals surface area contributed by atoms with Crippen LogP contribution in [0.1, 0.15) is 17.9 Å². The molecule has 1 atom stereocenters. The number of amides is 2. The van der Waals surface area contributed by atoms with Crippen LogP contribution >= 0.6 is 11.6 Å². The van der Waals surface area contributed by atoms with E-state index < -0.39 is 0 Å². The van der Waals surface area contributed by atoms with E-state index in [1.807, 2.05) is 30.3 Å². The molecule has 4 rings (SSSR count). The Hall–Kier alpha value is -2.99. The molecule has 1 aliphatic heterocycles. The summed E-state index contributed by atoms with van der Waals surface area (Å²) in [7, 11) is 1.73. The average molecular weight is 413 g/mol. The third-order valence-electron chi connectivity index (χ3n) is 5.05. The van der Waals surface area contributed by atoms with E-state index in [0.29, 0.717) is 36.2 Å². The minimum Gasteiger partial charge on any atom is -0.467 e. The zero-order valence-corrected chi connectivity index (χ0v) is 16.8. The average Bonchev–Trinajstić information content (AvgIpc) is 3.45. The predicted molar refractivity (Wildman–Crippen MR) is 108 cm³/mol. The molecule has 1 aliphatic rings. The van der Waals surface area contributed by atoms with Crippen LogP contribution in [-0.4, -0.2) is 35.2 Å². The number of carbonyl (C=O) groups is 2. The summed E-state index contributed by atoms with van der Waals surface area (Å²) >= 11 is 5.92. The van der Waals surface area contributed by atoms with Crippen LogP contribution in [0.4, 0.5) is 0 Å². The minimum atomic E-state index is -0.354. The van der Waals surface area contributed by atoms with E-state index in [-0.39, 0.29) is 24.2 Å². The van der Waals surface area contributed by atoms with E-state index in [4.69, 9.17) is 20.4 Å². The molecular weight excluding hydrogens is 392 g/mol. The molecule has 0 saturated carbocycles. The number of likely N-dealkylation sites (tertiary alicyclic amines) is 1. The molecule has 1 fully saturated rings. The Morgan fingerprint density at radius 1 is 1.17 bits per heavy atom. The molecule has 2 aromatic heterocycles. The Bertz CT molecular complexity index is 994. The van der Waals surface area contributed by atoms with Crippen LogP contribution in [0.15, 0.2) is 63.6 Å². The van der Waals surface area contributed by atoms with Gasteiger partial charge in [-0.3, -0.25) is 9.59 Å². The SMILES string of the molecule is CN(Cc1ccc(-c2ccc(Cl)cc2)o1)C(=O)C1CC(=O)N(Cc2ccco2)C1. The fraction of sp³-hybridized carbons (Fsp3) is 0.273. The first kappa shape index (κ1) is 19.3. The van der Waals surface area contributed by atoms with E-state index >= 15 is 0 Å². The van der Waals surface area contributed by atoms with Crippen molar-refractivity contribution in [2.24, 2.45) is 5.92 Å². The molecule has 3 heterocycles. The topological polar surface area (TPSA) is 66.9 Å². The molecule has 0 spiro atoms. The van der Waals surface area contributed by atoms with Crippen LogP contribution in [0.5, 0.6) is 0 Å². The lowest BCUT2D eigenvalue weighted by molar-refractivity contribution is -0.135. The van der Waals surface area contributed by atoms with Gasteiger partial charge in [0, 0.05) is 30.6 Å². The van der Waals surface area contributed by atoms with Gasteiger partial charge in [-0.05, 0) is 48.5 Å². The molecule has 29 heavy (non-hydrogen) atoms. The normalized spacial score (nSPS) is 16.4. The lowest BCUT2D eigenvalue weighted by Gasteiger charge is -2.20. The molecule has 7 heteroatoms. The number of rotatable bonds is 6. The van der Waals surface area contributed by atoms with Gasteiger partial charge in [-0.15, -0.1) is 0 Å². The predicted octanol–water partition coefficient (Wildman–Crippen LogP) is 4.20. The van der Waals surface area contributed by atoms with E-state index in [1.54, 1.807) is 41.3 Å². The summed E-state index contributed by atoms with van der Waals surface area (Å²) in [5, 5.41) is 0.665. The van der Waals surface area contributed by atoms with Gasteiger partial charge in [-0.25, -0.2) is 0 Å². The van der Waals surface area contributed by atoms with Gasteiger partial charge in [-0.1, -0.05) is 11.6 Å². The van der Waals surface area contributed by atoms with Gasteiger partial charge >= 0.3 is 0 Å². The van der Waals surface area contributed by atoms with Gasteiger partial charge in [-0.2, -0.15) is 0 Å². The van der Waals surface area contributed by atoms with Crippen LogP contribution < -0.4 is 0 Å². The number of carbonyl (C=O) groups excluding carboxylic acids is 2. The highest BCUT2D eigenvalue weighted by Crippen LogP contribution is 2.26. The van der Waals surface area contributed by atoms with E-state index in [9.17, 15) is 9.59 Å². The van der Waals surface area contributed by atoms with Crippen molar-refractivity contribution in [3.8, 4) is 11.3 Å². The van der Waals surface area contributed by atoms with Gasteiger partial charge in [0.25, 0.3) is 0 Å².